The molecular formula is C17H23O2. The number of carbonyl (C=O) groups is 1. The van der Waals surface area contributed by atoms with Crippen LogP contribution in [0.5, 0.6) is 0 Å². The molecule has 0 bridgehead atoms. The largest absolute Gasteiger partial charge is 0.299 e. The van der Waals surface area contributed by atoms with Gasteiger partial charge in [-0.2, -0.15) is 0 Å². The van der Waals surface area contributed by atoms with E-state index in [-0.39, 0.29) is 11.7 Å². The van der Waals surface area contributed by atoms with Gasteiger partial charge in [0.2, 0.25) is 6.29 Å². The summed E-state index contributed by atoms with van der Waals surface area (Å²) in [5, 5.41) is 0. The maximum Gasteiger partial charge on any atom is 0.209 e. The zero-order chi connectivity index (χ0) is 14.1. The van der Waals surface area contributed by atoms with E-state index < -0.39 is 5.92 Å². The summed E-state index contributed by atoms with van der Waals surface area (Å²) in [5.74, 6) is -0.516. The lowest BCUT2D eigenvalue weighted by Gasteiger charge is -2.17. The molecule has 0 amide bonds. The standard InChI is InChI=1S/C17H23O2/c1-3-8-15(9-4-2)17(19)16(13-18)12-14-10-6-5-7-11-14/h5-7,10-11,15-16H,3-4,8-9,12H2,1-2H3. The predicted molar refractivity (Wildman–Crippen MR) is 77.6 cm³/mol. The Morgan fingerprint density at radius 1 is 1.11 bits per heavy atom. The van der Waals surface area contributed by atoms with E-state index >= 15 is 0 Å². The zero-order valence-corrected chi connectivity index (χ0v) is 11.9. The molecule has 0 aromatic heterocycles. The Morgan fingerprint density at radius 3 is 2.16 bits per heavy atom. The number of hydrogen-bond acceptors (Lipinski definition) is 2. The van der Waals surface area contributed by atoms with Crippen molar-refractivity contribution in [2.75, 3.05) is 0 Å². The van der Waals surface area contributed by atoms with Crippen LogP contribution in [0.3, 0.4) is 0 Å². The van der Waals surface area contributed by atoms with Crippen LogP contribution in [0.4, 0.5) is 0 Å². The first-order chi connectivity index (χ1) is 9.22. The van der Waals surface area contributed by atoms with Gasteiger partial charge in [-0.1, -0.05) is 57.0 Å². The summed E-state index contributed by atoms with van der Waals surface area (Å²) in [5.41, 5.74) is 1.02. The Kier molecular flexibility index (Phi) is 7.09. The van der Waals surface area contributed by atoms with Gasteiger partial charge in [0.15, 0.2) is 0 Å². The summed E-state index contributed by atoms with van der Waals surface area (Å²) in [6.07, 6.45) is 6.14. The van der Waals surface area contributed by atoms with E-state index in [2.05, 4.69) is 13.8 Å². The van der Waals surface area contributed by atoms with E-state index in [0.717, 1.165) is 31.2 Å². The third kappa shape index (κ3) is 4.98. The van der Waals surface area contributed by atoms with Crippen molar-refractivity contribution < 1.29 is 9.59 Å². The second-order valence-corrected chi connectivity index (χ2v) is 5.04. The minimum absolute atomic E-state index is 0.0187. The average Bonchev–Trinajstić information content (AvgIpc) is 2.45. The predicted octanol–water partition coefficient (Wildman–Crippen LogP) is 3.74. The minimum atomic E-state index is -0.606. The molecule has 19 heavy (non-hydrogen) atoms. The summed E-state index contributed by atoms with van der Waals surface area (Å²) < 4.78 is 0. The first kappa shape index (κ1) is 15.6. The summed E-state index contributed by atoms with van der Waals surface area (Å²) in [6.45, 7) is 4.15. The molecular weight excluding hydrogens is 236 g/mol. The van der Waals surface area contributed by atoms with Crippen molar-refractivity contribution in [3.8, 4) is 0 Å². The highest BCUT2D eigenvalue weighted by Crippen LogP contribution is 2.20. The Hall–Kier alpha value is -1.44. The first-order valence-corrected chi connectivity index (χ1v) is 7.18. The molecule has 0 fully saturated rings. The van der Waals surface area contributed by atoms with Crippen molar-refractivity contribution in [3.05, 3.63) is 35.9 Å². The normalized spacial score (nSPS) is 12.4. The van der Waals surface area contributed by atoms with Gasteiger partial charge in [-0.3, -0.25) is 9.59 Å². The lowest BCUT2D eigenvalue weighted by molar-refractivity contribution is -0.125. The van der Waals surface area contributed by atoms with Gasteiger partial charge in [-0.05, 0) is 24.8 Å². The third-order valence-electron chi connectivity index (χ3n) is 3.44. The summed E-state index contributed by atoms with van der Waals surface area (Å²) in [4.78, 5) is 23.5. The van der Waals surface area contributed by atoms with Gasteiger partial charge in [0.25, 0.3) is 0 Å². The summed E-state index contributed by atoms with van der Waals surface area (Å²) in [6, 6.07) is 9.69. The summed E-state index contributed by atoms with van der Waals surface area (Å²) >= 11 is 0. The van der Waals surface area contributed by atoms with Crippen LogP contribution in [0, 0.1) is 11.8 Å². The zero-order valence-electron chi connectivity index (χ0n) is 11.9. The van der Waals surface area contributed by atoms with E-state index in [1.165, 1.54) is 0 Å². The molecule has 103 valence electrons. The van der Waals surface area contributed by atoms with E-state index in [4.69, 9.17) is 0 Å². The molecule has 2 nitrogen and oxygen atoms in total. The van der Waals surface area contributed by atoms with Gasteiger partial charge < -0.3 is 0 Å². The average molecular weight is 259 g/mol. The molecule has 1 aromatic carbocycles. The van der Waals surface area contributed by atoms with Crippen LogP contribution in [0.1, 0.15) is 45.1 Å². The molecule has 0 saturated heterocycles. The van der Waals surface area contributed by atoms with E-state index in [0.29, 0.717) is 6.42 Å². The number of rotatable bonds is 9. The molecule has 0 aliphatic rings. The van der Waals surface area contributed by atoms with Gasteiger partial charge in [0, 0.05) is 5.92 Å². The van der Waals surface area contributed by atoms with E-state index in [1.807, 2.05) is 36.6 Å². The highest BCUT2D eigenvalue weighted by atomic mass is 16.1. The fourth-order valence-electron chi connectivity index (χ4n) is 2.46. The Morgan fingerprint density at radius 2 is 1.68 bits per heavy atom. The molecule has 0 heterocycles. The fraction of sp³-hybridized carbons (Fsp3) is 0.529. The molecule has 2 heteroatoms. The number of hydrogen-bond donors (Lipinski definition) is 0. The van der Waals surface area contributed by atoms with Gasteiger partial charge in [0.1, 0.15) is 5.78 Å². The van der Waals surface area contributed by atoms with Crippen molar-refractivity contribution in [3.63, 3.8) is 0 Å². The van der Waals surface area contributed by atoms with Crippen molar-refractivity contribution in [2.45, 2.75) is 46.0 Å². The van der Waals surface area contributed by atoms with Crippen LogP contribution in [-0.2, 0) is 16.0 Å². The van der Waals surface area contributed by atoms with E-state index in [9.17, 15) is 9.59 Å². The molecule has 0 spiro atoms. The number of carbonyl (C=O) groups excluding carboxylic acids is 2. The van der Waals surface area contributed by atoms with Crippen LogP contribution in [0.15, 0.2) is 30.3 Å². The van der Waals surface area contributed by atoms with Gasteiger partial charge >= 0.3 is 0 Å². The maximum atomic E-state index is 12.4. The number of benzene rings is 1. The Bertz CT molecular complexity index is 378. The molecule has 0 aliphatic carbocycles. The minimum Gasteiger partial charge on any atom is -0.299 e. The monoisotopic (exact) mass is 259 g/mol. The van der Waals surface area contributed by atoms with Gasteiger partial charge in [-0.25, -0.2) is 0 Å². The van der Waals surface area contributed by atoms with Crippen LogP contribution >= 0.6 is 0 Å². The lowest BCUT2D eigenvalue weighted by Crippen LogP contribution is -2.26. The number of ketones is 1. The summed E-state index contributed by atoms with van der Waals surface area (Å²) in [7, 11) is 0. The second kappa shape index (κ2) is 8.63. The van der Waals surface area contributed by atoms with Crippen LogP contribution in [0.2, 0.25) is 0 Å². The molecule has 1 aromatic rings. The molecule has 1 radical (unpaired) electrons. The lowest BCUT2D eigenvalue weighted by atomic mass is 9.84. The van der Waals surface area contributed by atoms with Crippen molar-refractivity contribution >= 4 is 12.1 Å². The second-order valence-electron chi connectivity index (χ2n) is 5.04. The molecule has 1 unspecified atom stereocenters. The molecule has 0 N–H and O–H groups in total. The molecule has 0 saturated carbocycles. The highest BCUT2D eigenvalue weighted by Gasteiger charge is 2.26. The highest BCUT2D eigenvalue weighted by molar-refractivity contribution is 5.95. The third-order valence-corrected chi connectivity index (χ3v) is 3.44. The smallest absolute Gasteiger partial charge is 0.209 e. The molecule has 0 aliphatic heterocycles. The molecule has 1 atom stereocenters. The van der Waals surface area contributed by atoms with Crippen LogP contribution in [0.25, 0.3) is 0 Å². The van der Waals surface area contributed by atoms with Gasteiger partial charge in [0.05, 0.1) is 5.92 Å². The quantitative estimate of drug-likeness (QED) is 0.633. The van der Waals surface area contributed by atoms with Crippen molar-refractivity contribution in [2.24, 2.45) is 11.8 Å². The Labute approximate surface area is 116 Å². The SMILES string of the molecule is CCCC(CCC)C(=O)C([C]=O)Cc1ccccc1. The van der Waals surface area contributed by atoms with Gasteiger partial charge in [-0.15, -0.1) is 0 Å². The van der Waals surface area contributed by atoms with E-state index in [1.54, 1.807) is 0 Å². The van der Waals surface area contributed by atoms with Crippen LogP contribution < -0.4 is 0 Å². The van der Waals surface area contributed by atoms with Crippen molar-refractivity contribution in [1.82, 2.24) is 0 Å². The van der Waals surface area contributed by atoms with Crippen LogP contribution in [-0.4, -0.2) is 12.1 Å². The fourth-order valence-corrected chi connectivity index (χ4v) is 2.46. The van der Waals surface area contributed by atoms with Crippen molar-refractivity contribution in [1.29, 1.82) is 0 Å². The number of Topliss-reactive ketones (excluding diaryl/α,β-unsaturated/α-hetero) is 1. The topological polar surface area (TPSA) is 34.1 Å². The maximum absolute atomic E-state index is 12.4. The first-order valence-electron chi connectivity index (χ1n) is 7.18. The molecule has 1 rings (SSSR count). The Balaban J connectivity index is 2.72.